The number of rotatable bonds is 4. The zero-order valence-corrected chi connectivity index (χ0v) is 18.1. The number of aromatic amines is 1. The van der Waals surface area contributed by atoms with Crippen LogP contribution in [0, 0.1) is 11.6 Å². The molecule has 0 amide bonds. The maximum atomic E-state index is 15.4. The van der Waals surface area contributed by atoms with E-state index in [1.54, 1.807) is 6.92 Å². The molecule has 11 heteroatoms. The first-order valence-corrected chi connectivity index (χ1v) is 10.9. The fourth-order valence-corrected chi connectivity index (χ4v) is 4.99. The number of H-pyrrole nitrogens is 1. The lowest BCUT2D eigenvalue weighted by Crippen LogP contribution is -2.47. The lowest BCUT2D eigenvalue weighted by atomic mass is 9.84. The van der Waals surface area contributed by atoms with Crippen molar-refractivity contribution in [2.45, 2.75) is 44.1 Å². The van der Waals surface area contributed by atoms with Crippen LogP contribution >= 0.6 is 0 Å². The molecule has 0 saturated carbocycles. The Morgan fingerprint density at radius 2 is 1.94 bits per heavy atom. The van der Waals surface area contributed by atoms with Crippen molar-refractivity contribution in [2.75, 3.05) is 19.6 Å². The Bertz CT molecular complexity index is 1260. The zero-order chi connectivity index (χ0) is 24.2. The third kappa shape index (κ3) is 4.18. The number of oxazole rings is 1. The molecule has 2 N–H and O–H groups in total. The maximum Gasteiger partial charge on any atom is 0.417 e. The van der Waals surface area contributed by atoms with Crippen LogP contribution in [-0.4, -0.2) is 47.8 Å². The maximum absolute atomic E-state index is 15.4. The molecule has 1 fully saturated rings. The molecule has 0 aliphatic carbocycles. The van der Waals surface area contributed by atoms with Crippen LogP contribution in [0.25, 0.3) is 11.1 Å². The number of alkyl halides is 3. The van der Waals surface area contributed by atoms with Crippen LogP contribution in [0.15, 0.2) is 33.5 Å². The van der Waals surface area contributed by atoms with Gasteiger partial charge in [0.15, 0.2) is 5.58 Å². The molecule has 3 aromatic rings. The smallest absolute Gasteiger partial charge is 0.417 e. The van der Waals surface area contributed by atoms with E-state index >= 15 is 8.78 Å². The van der Waals surface area contributed by atoms with Gasteiger partial charge in [-0.1, -0.05) is 6.07 Å². The van der Waals surface area contributed by atoms with Crippen molar-refractivity contribution in [3.63, 3.8) is 0 Å². The highest BCUT2D eigenvalue weighted by atomic mass is 19.4. The summed E-state index contributed by atoms with van der Waals surface area (Å²) in [7, 11) is 0. The van der Waals surface area contributed by atoms with Crippen molar-refractivity contribution in [3.05, 3.63) is 63.1 Å². The highest BCUT2D eigenvalue weighted by Gasteiger charge is 2.43. The van der Waals surface area contributed by atoms with E-state index in [-0.39, 0.29) is 29.4 Å². The number of hydrogen-bond donors (Lipinski definition) is 2. The van der Waals surface area contributed by atoms with Crippen LogP contribution in [0.4, 0.5) is 22.0 Å². The normalized spacial score (nSPS) is 23.4. The number of aromatic nitrogens is 1. The highest BCUT2D eigenvalue weighted by molar-refractivity contribution is 5.78. The molecule has 2 aliphatic rings. The van der Waals surface area contributed by atoms with Gasteiger partial charge in [-0.05, 0) is 37.9 Å². The number of halogens is 5. The van der Waals surface area contributed by atoms with Gasteiger partial charge in [-0.3, -0.25) is 9.88 Å². The van der Waals surface area contributed by atoms with Crippen molar-refractivity contribution >= 4 is 11.1 Å². The van der Waals surface area contributed by atoms with Gasteiger partial charge in [0.1, 0.15) is 23.5 Å². The van der Waals surface area contributed by atoms with Crippen molar-refractivity contribution in [1.82, 2.24) is 15.2 Å². The van der Waals surface area contributed by atoms with E-state index in [4.69, 9.17) is 9.15 Å². The Morgan fingerprint density at radius 3 is 2.59 bits per heavy atom. The summed E-state index contributed by atoms with van der Waals surface area (Å²) in [4.78, 5) is 15.3. The number of fused-ring (bicyclic) bond motifs is 3. The summed E-state index contributed by atoms with van der Waals surface area (Å²) in [6, 6.07) is 2.84. The molecule has 0 bridgehead atoms. The van der Waals surface area contributed by atoms with Crippen LogP contribution in [0.5, 0.6) is 5.75 Å². The average molecular weight is 483 g/mol. The van der Waals surface area contributed by atoms with Gasteiger partial charge in [-0.15, -0.1) is 0 Å². The molecule has 3 heterocycles. The SMILES string of the molecule is C[C@@H]1Cc2c(ccc3[nH]c(=O)oc23)[C@@H](c2c(F)cc(OC3CCNC3)cc2F)N1CC(F)(F)F. The first kappa shape index (κ1) is 22.9. The topological polar surface area (TPSA) is 70.5 Å². The molecular formula is C23H22F5N3O3. The molecule has 1 unspecified atom stereocenters. The molecule has 1 aromatic heterocycles. The van der Waals surface area contributed by atoms with Crippen LogP contribution in [0.2, 0.25) is 0 Å². The third-order valence-corrected chi connectivity index (χ3v) is 6.43. The van der Waals surface area contributed by atoms with E-state index in [0.29, 0.717) is 24.0 Å². The van der Waals surface area contributed by atoms with Gasteiger partial charge in [-0.2, -0.15) is 13.2 Å². The van der Waals surface area contributed by atoms with Crippen molar-refractivity contribution in [2.24, 2.45) is 0 Å². The van der Waals surface area contributed by atoms with E-state index in [0.717, 1.165) is 23.6 Å². The molecule has 34 heavy (non-hydrogen) atoms. The van der Waals surface area contributed by atoms with Gasteiger partial charge in [0.05, 0.1) is 18.1 Å². The average Bonchev–Trinajstić information content (AvgIpc) is 3.37. The summed E-state index contributed by atoms with van der Waals surface area (Å²) in [5.41, 5.74) is 0.743. The van der Waals surface area contributed by atoms with E-state index in [1.165, 1.54) is 12.1 Å². The van der Waals surface area contributed by atoms with Gasteiger partial charge in [0.2, 0.25) is 0 Å². The van der Waals surface area contributed by atoms with Gasteiger partial charge < -0.3 is 14.5 Å². The minimum atomic E-state index is -4.60. The Balaban J connectivity index is 1.64. The lowest BCUT2D eigenvalue weighted by molar-refractivity contribution is -0.155. The Morgan fingerprint density at radius 1 is 1.21 bits per heavy atom. The number of nitrogens with one attached hydrogen (secondary N) is 2. The Kier molecular flexibility index (Phi) is 5.64. The molecule has 2 aliphatic heterocycles. The van der Waals surface area contributed by atoms with Crippen LogP contribution < -0.4 is 15.8 Å². The quantitative estimate of drug-likeness (QED) is 0.549. The molecule has 6 nitrogen and oxygen atoms in total. The highest BCUT2D eigenvalue weighted by Crippen LogP contribution is 2.44. The van der Waals surface area contributed by atoms with Gasteiger partial charge in [-0.25, -0.2) is 13.6 Å². The van der Waals surface area contributed by atoms with Crippen LogP contribution in [-0.2, 0) is 6.42 Å². The van der Waals surface area contributed by atoms with Crippen LogP contribution in [0.1, 0.15) is 36.1 Å². The fraction of sp³-hybridized carbons (Fsp3) is 0.435. The Hall–Kier alpha value is -2.92. The van der Waals surface area contributed by atoms with Crippen molar-refractivity contribution in [3.8, 4) is 5.75 Å². The van der Waals surface area contributed by atoms with Gasteiger partial charge in [0.25, 0.3) is 0 Å². The lowest BCUT2D eigenvalue weighted by Gasteiger charge is -2.42. The third-order valence-electron chi connectivity index (χ3n) is 6.43. The second-order valence-electron chi connectivity index (χ2n) is 8.80. The van der Waals surface area contributed by atoms with Crippen molar-refractivity contribution < 1.29 is 31.1 Å². The van der Waals surface area contributed by atoms with Crippen LogP contribution in [0.3, 0.4) is 0 Å². The number of nitrogens with zero attached hydrogens (tertiary/aromatic N) is 1. The summed E-state index contributed by atoms with van der Waals surface area (Å²) in [5.74, 6) is -2.75. The Labute approximate surface area is 190 Å². The monoisotopic (exact) mass is 483 g/mol. The number of benzene rings is 2. The number of hydrogen-bond acceptors (Lipinski definition) is 5. The molecule has 3 atom stereocenters. The molecule has 1 saturated heterocycles. The molecule has 2 aromatic carbocycles. The van der Waals surface area contributed by atoms with E-state index < -0.39 is 47.8 Å². The van der Waals surface area contributed by atoms with E-state index in [1.807, 2.05) is 0 Å². The summed E-state index contributed by atoms with van der Waals surface area (Å²) >= 11 is 0. The summed E-state index contributed by atoms with van der Waals surface area (Å²) < 4.78 is 82.2. The summed E-state index contributed by atoms with van der Waals surface area (Å²) in [6.07, 6.45) is -4.05. The second-order valence-corrected chi connectivity index (χ2v) is 8.80. The molecule has 0 radical (unpaired) electrons. The first-order chi connectivity index (χ1) is 16.1. The first-order valence-electron chi connectivity index (χ1n) is 10.9. The molecule has 5 rings (SSSR count). The minimum absolute atomic E-state index is 0.0222. The minimum Gasteiger partial charge on any atom is -0.489 e. The molecule has 0 spiro atoms. The summed E-state index contributed by atoms with van der Waals surface area (Å²) in [5, 5.41) is 3.09. The predicted octanol–water partition coefficient (Wildman–Crippen LogP) is 4.04. The zero-order valence-electron chi connectivity index (χ0n) is 18.1. The van der Waals surface area contributed by atoms with Crippen molar-refractivity contribution in [1.29, 1.82) is 0 Å². The standard InChI is InChI=1S/C23H22F5N3O3/c1-11-6-15-14(2-3-18-21(15)34-22(32)30-18)20(31(11)10-23(26,27)28)19-16(24)7-13(8-17(19)25)33-12-4-5-29-9-12/h2-3,7-8,11-12,20,29H,4-6,9-10H2,1H3,(H,30,32)/t11-,12?,20+/m1/s1. The molecule has 182 valence electrons. The van der Waals surface area contributed by atoms with E-state index in [2.05, 4.69) is 10.3 Å². The number of ether oxygens (including phenoxy) is 1. The fourth-order valence-electron chi connectivity index (χ4n) is 4.99. The second kappa shape index (κ2) is 8.38. The largest absolute Gasteiger partial charge is 0.489 e. The molecular weight excluding hydrogens is 461 g/mol. The predicted molar refractivity (Wildman–Crippen MR) is 113 cm³/mol. The van der Waals surface area contributed by atoms with Gasteiger partial charge in [0, 0.05) is 35.8 Å². The van der Waals surface area contributed by atoms with Gasteiger partial charge >= 0.3 is 11.9 Å². The van der Waals surface area contributed by atoms with E-state index in [9.17, 15) is 18.0 Å². The summed E-state index contributed by atoms with van der Waals surface area (Å²) in [6.45, 7) is 1.44.